The van der Waals surface area contributed by atoms with Crippen LogP contribution < -0.4 is 5.32 Å². The minimum Gasteiger partial charge on any atom is -0.305 e. The van der Waals surface area contributed by atoms with Crippen molar-refractivity contribution in [2.75, 3.05) is 0 Å². The highest BCUT2D eigenvalue weighted by atomic mass is 19.1. The third kappa shape index (κ3) is 3.67. The van der Waals surface area contributed by atoms with Crippen LogP contribution in [0.4, 0.5) is 4.39 Å². The van der Waals surface area contributed by atoms with Gasteiger partial charge in [0, 0.05) is 31.4 Å². The number of benzene rings is 1. The Morgan fingerprint density at radius 2 is 1.90 bits per heavy atom. The van der Waals surface area contributed by atoms with Crippen LogP contribution in [0.25, 0.3) is 0 Å². The molecule has 0 saturated heterocycles. The summed E-state index contributed by atoms with van der Waals surface area (Å²) in [5.74, 6) is -0.200. The van der Waals surface area contributed by atoms with Crippen LogP contribution in [-0.2, 0) is 13.6 Å². The summed E-state index contributed by atoms with van der Waals surface area (Å²) in [6.07, 6.45) is 3.86. The fourth-order valence-corrected chi connectivity index (χ4v) is 2.36. The Hall–Kier alpha value is -1.68. The molecule has 0 fully saturated rings. The van der Waals surface area contributed by atoms with E-state index in [1.807, 2.05) is 31.6 Å². The number of aryl methyl sites for hydroxylation is 1. The Bertz CT molecular complexity index is 552. The van der Waals surface area contributed by atoms with Crippen LogP contribution in [0.15, 0.2) is 36.7 Å². The Labute approximate surface area is 119 Å². The van der Waals surface area contributed by atoms with Crippen molar-refractivity contribution in [3.05, 3.63) is 53.6 Å². The van der Waals surface area contributed by atoms with Gasteiger partial charge in [-0.05, 0) is 23.1 Å². The normalized spacial score (nSPS) is 13.4. The largest absolute Gasteiger partial charge is 0.305 e. The zero-order valence-corrected chi connectivity index (χ0v) is 12.5. The maximum absolute atomic E-state index is 13.1. The Kier molecular flexibility index (Phi) is 4.23. The second-order valence-electron chi connectivity index (χ2n) is 6.25. The predicted molar refractivity (Wildman–Crippen MR) is 78.6 cm³/mol. The molecule has 1 N–H and O–H groups in total. The monoisotopic (exact) mass is 275 g/mol. The van der Waals surface area contributed by atoms with Crippen molar-refractivity contribution in [2.24, 2.45) is 12.5 Å². The van der Waals surface area contributed by atoms with Gasteiger partial charge in [0.15, 0.2) is 0 Å². The Balaban J connectivity index is 2.14. The van der Waals surface area contributed by atoms with Crippen LogP contribution in [0.3, 0.4) is 0 Å². The molecule has 0 amide bonds. The third-order valence-corrected chi connectivity index (χ3v) is 3.34. The van der Waals surface area contributed by atoms with Crippen molar-refractivity contribution >= 4 is 0 Å². The second kappa shape index (κ2) is 5.75. The highest BCUT2D eigenvalue weighted by Crippen LogP contribution is 2.33. The van der Waals surface area contributed by atoms with E-state index in [0.29, 0.717) is 0 Å². The summed E-state index contributed by atoms with van der Waals surface area (Å²) >= 11 is 0. The van der Waals surface area contributed by atoms with Crippen LogP contribution in [0.1, 0.15) is 37.9 Å². The van der Waals surface area contributed by atoms with Crippen molar-refractivity contribution < 1.29 is 4.39 Å². The highest BCUT2D eigenvalue weighted by molar-refractivity contribution is 5.22. The predicted octanol–water partition coefficient (Wildman–Crippen LogP) is 3.44. The molecule has 0 aliphatic rings. The lowest BCUT2D eigenvalue weighted by Crippen LogP contribution is -2.32. The van der Waals surface area contributed by atoms with Gasteiger partial charge >= 0.3 is 0 Å². The topological polar surface area (TPSA) is 29.9 Å². The molecule has 20 heavy (non-hydrogen) atoms. The lowest BCUT2D eigenvalue weighted by molar-refractivity contribution is 0.271. The molecule has 0 aliphatic heterocycles. The van der Waals surface area contributed by atoms with Crippen molar-refractivity contribution in [3.8, 4) is 0 Å². The molecule has 0 radical (unpaired) electrons. The van der Waals surface area contributed by atoms with E-state index in [4.69, 9.17) is 0 Å². The molecule has 108 valence electrons. The van der Waals surface area contributed by atoms with Gasteiger partial charge in [-0.3, -0.25) is 4.68 Å². The Morgan fingerprint density at radius 1 is 1.25 bits per heavy atom. The van der Waals surface area contributed by atoms with Crippen molar-refractivity contribution in [1.82, 2.24) is 15.1 Å². The molecular weight excluding hydrogens is 253 g/mol. The van der Waals surface area contributed by atoms with E-state index in [0.717, 1.165) is 17.7 Å². The summed E-state index contributed by atoms with van der Waals surface area (Å²) in [5.41, 5.74) is 2.28. The molecule has 0 saturated carbocycles. The fraction of sp³-hybridized carbons (Fsp3) is 0.438. The van der Waals surface area contributed by atoms with Gasteiger partial charge < -0.3 is 5.32 Å². The number of nitrogens with one attached hydrogen (secondary N) is 1. The second-order valence-corrected chi connectivity index (χ2v) is 6.25. The van der Waals surface area contributed by atoms with Gasteiger partial charge in [0.2, 0.25) is 0 Å². The van der Waals surface area contributed by atoms with Crippen molar-refractivity contribution in [2.45, 2.75) is 33.4 Å². The number of aromatic nitrogens is 2. The van der Waals surface area contributed by atoms with E-state index >= 15 is 0 Å². The SMILES string of the molecule is Cn1cc(CNC(c2ccc(F)cc2)C(C)(C)C)cn1. The molecule has 0 aliphatic carbocycles. The summed E-state index contributed by atoms with van der Waals surface area (Å²) in [6, 6.07) is 6.88. The van der Waals surface area contributed by atoms with E-state index in [9.17, 15) is 4.39 Å². The van der Waals surface area contributed by atoms with Gasteiger partial charge in [0.05, 0.1) is 6.20 Å². The van der Waals surface area contributed by atoms with E-state index in [2.05, 4.69) is 31.2 Å². The molecular formula is C16H22FN3. The first kappa shape index (κ1) is 14.7. The molecule has 1 unspecified atom stereocenters. The quantitative estimate of drug-likeness (QED) is 0.926. The van der Waals surface area contributed by atoms with E-state index < -0.39 is 0 Å². The number of nitrogens with zero attached hydrogens (tertiary/aromatic N) is 2. The van der Waals surface area contributed by atoms with Gasteiger partial charge in [0.25, 0.3) is 0 Å². The minimum absolute atomic E-state index is 0.0417. The lowest BCUT2D eigenvalue weighted by Gasteiger charge is -2.32. The smallest absolute Gasteiger partial charge is 0.123 e. The van der Waals surface area contributed by atoms with Crippen LogP contribution in [0.5, 0.6) is 0 Å². The highest BCUT2D eigenvalue weighted by Gasteiger charge is 2.25. The molecule has 4 heteroatoms. The molecule has 1 aromatic carbocycles. The lowest BCUT2D eigenvalue weighted by atomic mass is 9.82. The fourth-order valence-electron chi connectivity index (χ4n) is 2.36. The summed E-state index contributed by atoms with van der Waals surface area (Å²) < 4.78 is 14.9. The van der Waals surface area contributed by atoms with Gasteiger partial charge in [0.1, 0.15) is 5.82 Å². The minimum atomic E-state index is -0.200. The summed E-state index contributed by atoms with van der Waals surface area (Å²) in [6.45, 7) is 7.28. The summed E-state index contributed by atoms with van der Waals surface area (Å²) in [4.78, 5) is 0. The van der Waals surface area contributed by atoms with Gasteiger partial charge in [-0.25, -0.2) is 4.39 Å². The average Bonchev–Trinajstić information content (AvgIpc) is 2.76. The van der Waals surface area contributed by atoms with Crippen LogP contribution >= 0.6 is 0 Å². The third-order valence-electron chi connectivity index (χ3n) is 3.34. The number of halogens is 1. The van der Waals surface area contributed by atoms with Crippen LogP contribution in [-0.4, -0.2) is 9.78 Å². The van der Waals surface area contributed by atoms with Gasteiger partial charge in [-0.1, -0.05) is 32.9 Å². The molecule has 0 spiro atoms. The molecule has 0 bridgehead atoms. The first-order valence-corrected chi connectivity index (χ1v) is 6.82. The number of rotatable bonds is 4. The molecule has 1 aromatic heterocycles. The molecule has 2 rings (SSSR count). The van der Waals surface area contributed by atoms with E-state index in [1.165, 1.54) is 12.1 Å². The summed E-state index contributed by atoms with van der Waals surface area (Å²) in [7, 11) is 1.91. The average molecular weight is 275 g/mol. The summed E-state index contributed by atoms with van der Waals surface area (Å²) in [5, 5.41) is 7.72. The van der Waals surface area contributed by atoms with Crippen LogP contribution in [0.2, 0.25) is 0 Å². The van der Waals surface area contributed by atoms with E-state index in [1.54, 1.807) is 4.68 Å². The molecule has 1 atom stereocenters. The Morgan fingerprint density at radius 3 is 2.40 bits per heavy atom. The van der Waals surface area contributed by atoms with Gasteiger partial charge in [-0.15, -0.1) is 0 Å². The molecule has 2 aromatic rings. The standard InChI is InChI=1S/C16H22FN3/c1-16(2,3)15(13-5-7-14(17)8-6-13)18-9-12-10-19-20(4)11-12/h5-8,10-11,15,18H,9H2,1-4H3. The number of hydrogen-bond acceptors (Lipinski definition) is 2. The molecule has 3 nitrogen and oxygen atoms in total. The maximum atomic E-state index is 13.1. The zero-order chi connectivity index (χ0) is 14.8. The zero-order valence-electron chi connectivity index (χ0n) is 12.5. The number of hydrogen-bond donors (Lipinski definition) is 1. The van der Waals surface area contributed by atoms with Crippen molar-refractivity contribution in [3.63, 3.8) is 0 Å². The first-order chi connectivity index (χ1) is 9.36. The first-order valence-electron chi connectivity index (χ1n) is 6.82. The van der Waals surface area contributed by atoms with E-state index in [-0.39, 0.29) is 17.3 Å². The molecule has 1 heterocycles. The van der Waals surface area contributed by atoms with Gasteiger partial charge in [-0.2, -0.15) is 5.10 Å². The van der Waals surface area contributed by atoms with Crippen molar-refractivity contribution in [1.29, 1.82) is 0 Å². The van der Waals surface area contributed by atoms with Crippen LogP contribution in [0, 0.1) is 11.2 Å². The maximum Gasteiger partial charge on any atom is 0.123 e.